The molecule has 0 radical (unpaired) electrons. The molecule has 0 aliphatic heterocycles. The number of carbonyl (C=O) groups excluding carboxylic acids is 1. The molecule has 0 saturated carbocycles. The molecule has 0 bridgehead atoms. The molecule has 4 nitrogen and oxygen atoms in total. The van der Waals surface area contributed by atoms with Gasteiger partial charge in [-0.1, -0.05) is 50.2 Å². The van der Waals surface area contributed by atoms with Crippen molar-refractivity contribution >= 4 is 16.7 Å². The Morgan fingerprint density at radius 1 is 1.00 bits per heavy atom. The van der Waals surface area contributed by atoms with Gasteiger partial charge in [-0.15, -0.1) is 0 Å². The summed E-state index contributed by atoms with van der Waals surface area (Å²) in [5, 5.41) is 2.25. The Hall–Kier alpha value is -2.07. The number of esters is 1. The van der Waals surface area contributed by atoms with Crippen molar-refractivity contribution < 1.29 is 19.0 Å². The molecular weight excluding hydrogens is 292 g/mol. The number of hydrogen-bond acceptors (Lipinski definition) is 4. The molecule has 2 aromatic carbocycles. The highest BCUT2D eigenvalue weighted by molar-refractivity contribution is 5.88. The number of ether oxygens (including phenoxy) is 3. The second kappa shape index (κ2) is 9.16. The molecule has 0 saturated heterocycles. The lowest BCUT2D eigenvalue weighted by atomic mass is 10.1. The summed E-state index contributed by atoms with van der Waals surface area (Å²) in [7, 11) is 0. The summed E-state index contributed by atoms with van der Waals surface area (Å²) < 4.78 is 16.3. The number of benzene rings is 2. The van der Waals surface area contributed by atoms with Gasteiger partial charge in [0.2, 0.25) is 0 Å². The summed E-state index contributed by atoms with van der Waals surface area (Å²) in [5.41, 5.74) is 0. The van der Waals surface area contributed by atoms with Gasteiger partial charge in [0.15, 0.2) is 0 Å². The first-order chi connectivity index (χ1) is 11.2. The van der Waals surface area contributed by atoms with Gasteiger partial charge in [-0.3, -0.25) is 4.79 Å². The van der Waals surface area contributed by atoms with E-state index in [0.717, 1.165) is 22.9 Å². The summed E-state index contributed by atoms with van der Waals surface area (Å²) >= 11 is 0. The molecule has 0 aliphatic carbocycles. The zero-order valence-corrected chi connectivity index (χ0v) is 13.8. The molecule has 0 amide bonds. The topological polar surface area (TPSA) is 44.8 Å². The van der Waals surface area contributed by atoms with Crippen LogP contribution in [-0.4, -0.2) is 32.4 Å². The van der Waals surface area contributed by atoms with Crippen molar-refractivity contribution in [2.24, 2.45) is 5.92 Å². The highest BCUT2D eigenvalue weighted by atomic mass is 16.6. The third-order valence-electron chi connectivity index (χ3n) is 3.72. The smallest absolute Gasteiger partial charge is 0.308 e. The average Bonchev–Trinajstić information content (AvgIpc) is 2.60. The molecule has 23 heavy (non-hydrogen) atoms. The van der Waals surface area contributed by atoms with E-state index in [1.54, 1.807) is 0 Å². The second-order valence-corrected chi connectivity index (χ2v) is 5.41. The van der Waals surface area contributed by atoms with E-state index in [-0.39, 0.29) is 18.5 Å². The number of fused-ring (bicyclic) bond motifs is 1. The highest BCUT2D eigenvalue weighted by Gasteiger charge is 2.11. The van der Waals surface area contributed by atoms with Crippen LogP contribution in [0.25, 0.3) is 10.8 Å². The SMILES string of the molecule is CCC(C)C(=O)OCCOCCOc1cccc2ccccc12. The van der Waals surface area contributed by atoms with Crippen molar-refractivity contribution in [3.05, 3.63) is 42.5 Å². The Balaban J connectivity index is 1.65. The quantitative estimate of drug-likeness (QED) is 0.521. The van der Waals surface area contributed by atoms with E-state index >= 15 is 0 Å². The van der Waals surface area contributed by atoms with E-state index < -0.39 is 0 Å². The first-order valence-electron chi connectivity index (χ1n) is 8.07. The molecule has 0 aromatic heterocycles. The third kappa shape index (κ3) is 5.25. The molecular formula is C19H24O4. The lowest BCUT2D eigenvalue weighted by molar-refractivity contribution is -0.149. The lowest BCUT2D eigenvalue weighted by Crippen LogP contribution is -2.18. The Bertz CT molecular complexity index is 618. The largest absolute Gasteiger partial charge is 0.491 e. The Morgan fingerprint density at radius 3 is 2.57 bits per heavy atom. The molecule has 0 aliphatic rings. The average molecular weight is 316 g/mol. The fraction of sp³-hybridized carbons (Fsp3) is 0.421. The summed E-state index contributed by atoms with van der Waals surface area (Å²) in [6.07, 6.45) is 0.790. The van der Waals surface area contributed by atoms with Crippen molar-refractivity contribution in [2.75, 3.05) is 26.4 Å². The van der Waals surface area contributed by atoms with Gasteiger partial charge in [-0.05, 0) is 17.9 Å². The minimum absolute atomic E-state index is 0.0512. The first-order valence-corrected chi connectivity index (χ1v) is 8.07. The summed E-state index contributed by atoms with van der Waals surface area (Å²) in [6, 6.07) is 14.1. The van der Waals surface area contributed by atoms with Crippen LogP contribution in [0.1, 0.15) is 20.3 Å². The number of hydrogen-bond donors (Lipinski definition) is 0. The maximum Gasteiger partial charge on any atom is 0.308 e. The van der Waals surface area contributed by atoms with Gasteiger partial charge in [0, 0.05) is 5.39 Å². The monoisotopic (exact) mass is 316 g/mol. The van der Waals surface area contributed by atoms with E-state index in [1.165, 1.54) is 0 Å². The van der Waals surface area contributed by atoms with Crippen LogP contribution in [-0.2, 0) is 14.3 Å². The van der Waals surface area contributed by atoms with Crippen molar-refractivity contribution in [2.45, 2.75) is 20.3 Å². The minimum atomic E-state index is -0.164. The van der Waals surface area contributed by atoms with Crippen molar-refractivity contribution in [3.63, 3.8) is 0 Å². The molecule has 0 fully saturated rings. The molecule has 0 N–H and O–H groups in total. The number of rotatable bonds is 9. The Kier molecular flexibility index (Phi) is 6.88. The first kappa shape index (κ1) is 17.3. The zero-order valence-electron chi connectivity index (χ0n) is 13.8. The maximum absolute atomic E-state index is 11.5. The summed E-state index contributed by atoms with van der Waals surface area (Å²) in [5.74, 6) is 0.641. The van der Waals surface area contributed by atoms with E-state index in [4.69, 9.17) is 14.2 Å². The summed E-state index contributed by atoms with van der Waals surface area (Å²) in [4.78, 5) is 11.5. The van der Waals surface area contributed by atoms with Crippen LogP contribution >= 0.6 is 0 Å². The predicted molar refractivity (Wildman–Crippen MR) is 90.7 cm³/mol. The number of carbonyl (C=O) groups is 1. The highest BCUT2D eigenvalue weighted by Crippen LogP contribution is 2.24. The van der Waals surface area contributed by atoms with Gasteiger partial charge in [0.25, 0.3) is 0 Å². The van der Waals surface area contributed by atoms with Gasteiger partial charge in [0.05, 0.1) is 19.1 Å². The molecule has 4 heteroatoms. The third-order valence-corrected chi connectivity index (χ3v) is 3.72. The van der Waals surface area contributed by atoms with Crippen molar-refractivity contribution in [1.29, 1.82) is 0 Å². The van der Waals surface area contributed by atoms with Crippen LogP contribution in [0.2, 0.25) is 0 Å². The van der Waals surface area contributed by atoms with Crippen LogP contribution in [0.3, 0.4) is 0 Å². The van der Waals surface area contributed by atoms with Crippen LogP contribution in [0.4, 0.5) is 0 Å². The maximum atomic E-state index is 11.5. The normalized spacial score (nSPS) is 12.1. The van der Waals surface area contributed by atoms with Crippen LogP contribution in [0, 0.1) is 5.92 Å². The van der Waals surface area contributed by atoms with Gasteiger partial charge >= 0.3 is 5.97 Å². The summed E-state index contributed by atoms with van der Waals surface area (Å²) in [6.45, 7) is 5.43. The van der Waals surface area contributed by atoms with Crippen molar-refractivity contribution in [3.8, 4) is 5.75 Å². The Morgan fingerprint density at radius 2 is 1.74 bits per heavy atom. The fourth-order valence-electron chi connectivity index (χ4n) is 2.14. The van der Waals surface area contributed by atoms with Gasteiger partial charge < -0.3 is 14.2 Å². The molecule has 2 aromatic rings. The standard InChI is InChI=1S/C19H24O4/c1-3-15(2)19(20)23-14-12-21-11-13-22-18-10-6-8-16-7-4-5-9-17(16)18/h4-10,15H,3,11-14H2,1-2H3. The molecule has 1 unspecified atom stereocenters. The van der Waals surface area contributed by atoms with Gasteiger partial charge in [-0.2, -0.15) is 0 Å². The van der Waals surface area contributed by atoms with E-state index in [0.29, 0.717) is 19.8 Å². The van der Waals surface area contributed by atoms with Gasteiger partial charge in [-0.25, -0.2) is 0 Å². The van der Waals surface area contributed by atoms with Crippen LogP contribution in [0.15, 0.2) is 42.5 Å². The lowest BCUT2D eigenvalue weighted by Gasteiger charge is -2.11. The van der Waals surface area contributed by atoms with E-state index in [9.17, 15) is 4.79 Å². The fourth-order valence-corrected chi connectivity index (χ4v) is 2.14. The predicted octanol–water partition coefficient (Wildman–Crippen LogP) is 3.82. The van der Waals surface area contributed by atoms with Gasteiger partial charge in [0.1, 0.15) is 19.0 Å². The van der Waals surface area contributed by atoms with E-state index in [1.807, 2.05) is 44.2 Å². The molecule has 0 spiro atoms. The van der Waals surface area contributed by atoms with Crippen LogP contribution in [0.5, 0.6) is 5.75 Å². The molecule has 0 heterocycles. The zero-order chi connectivity index (χ0) is 16.5. The second-order valence-electron chi connectivity index (χ2n) is 5.41. The molecule has 124 valence electrons. The molecule has 1 atom stereocenters. The van der Waals surface area contributed by atoms with E-state index in [2.05, 4.69) is 12.1 Å². The molecule has 2 rings (SSSR count). The Labute approximate surface area is 137 Å². The van der Waals surface area contributed by atoms with Crippen LogP contribution < -0.4 is 4.74 Å². The van der Waals surface area contributed by atoms with Crippen molar-refractivity contribution in [1.82, 2.24) is 0 Å². The minimum Gasteiger partial charge on any atom is -0.491 e.